The van der Waals surface area contributed by atoms with Gasteiger partial charge in [0.2, 0.25) is 0 Å². The Balaban J connectivity index is 0.000000464. The van der Waals surface area contributed by atoms with Gasteiger partial charge in [0.1, 0.15) is 6.61 Å². The monoisotopic (exact) mass is 499 g/mol. The molecule has 4 N–H and O–H groups in total. The third kappa shape index (κ3) is 3.44. The summed E-state index contributed by atoms with van der Waals surface area (Å²) in [5, 5.41) is 20.1. The summed E-state index contributed by atoms with van der Waals surface area (Å²) in [6.07, 6.45) is 0.105. The smallest absolute Gasteiger partial charge is 0.343 e. The lowest BCUT2D eigenvalue weighted by molar-refractivity contribution is -0.172. The highest BCUT2D eigenvalue weighted by molar-refractivity contribution is 6.35. The summed E-state index contributed by atoms with van der Waals surface area (Å²) in [4.78, 5) is 39.7. The molecule has 10 nitrogen and oxygen atoms in total. The molecule has 0 saturated carbocycles. The average Bonchev–Trinajstić information content (AvgIpc) is 3.23. The number of carboxylic acids is 1. The van der Waals surface area contributed by atoms with Crippen molar-refractivity contribution in [2.24, 2.45) is 5.73 Å². The fourth-order valence-corrected chi connectivity index (χ4v) is 5.06. The summed E-state index contributed by atoms with van der Waals surface area (Å²) in [7, 11) is 0. The molecule has 0 bridgehead atoms. The van der Waals surface area contributed by atoms with Crippen LogP contribution in [0.1, 0.15) is 41.2 Å². The van der Waals surface area contributed by atoms with Gasteiger partial charge in [-0.1, -0.05) is 24.6 Å². The van der Waals surface area contributed by atoms with Crippen LogP contribution in [-0.4, -0.2) is 38.2 Å². The number of ether oxygens (including phenoxy) is 2. The number of halogens is 1. The van der Waals surface area contributed by atoms with Gasteiger partial charge in [-0.2, -0.15) is 0 Å². The number of carbonyl (C=O) groups is 2. The number of aliphatic hydroxyl groups is 1. The Labute approximate surface area is 203 Å². The first-order valence-electron chi connectivity index (χ1n) is 11.0. The van der Waals surface area contributed by atoms with Crippen LogP contribution < -0.4 is 11.3 Å². The lowest BCUT2D eigenvalue weighted by atomic mass is 9.86. The summed E-state index contributed by atoms with van der Waals surface area (Å²) >= 11 is 6.47. The molecule has 5 heterocycles. The number of carbonyl (C=O) groups excluding carboxylic acids is 1. The van der Waals surface area contributed by atoms with Crippen molar-refractivity contribution in [2.45, 2.75) is 45.3 Å². The maximum Gasteiger partial charge on any atom is 0.343 e. The maximum atomic E-state index is 13.3. The molecule has 0 fully saturated rings. The van der Waals surface area contributed by atoms with E-state index in [4.69, 9.17) is 31.2 Å². The minimum Gasteiger partial charge on any atom is -0.480 e. The zero-order valence-corrected chi connectivity index (χ0v) is 19.5. The molecule has 0 aliphatic carbocycles. The van der Waals surface area contributed by atoms with Gasteiger partial charge in [-0.25, -0.2) is 9.78 Å². The summed E-state index contributed by atoms with van der Waals surface area (Å²) < 4.78 is 12.5. The van der Waals surface area contributed by atoms with Crippen molar-refractivity contribution in [1.82, 2.24) is 9.55 Å². The minimum absolute atomic E-state index is 0.105. The number of hydrogen-bond donors (Lipinski definition) is 3. The quantitative estimate of drug-likeness (QED) is 0.350. The predicted molar refractivity (Wildman–Crippen MR) is 125 cm³/mol. The van der Waals surface area contributed by atoms with E-state index in [-0.39, 0.29) is 25.1 Å². The lowest BCUT2D eigenvalue weighted by Crippen LogP contribution is -2.44. The third-order valence-electron chi connectivity index (χ3n) is 6.67. The fourth-order valence-electron chi connectivity index (χ4n) is 4.86. The van der Waals surface area contributed by atoms with E-state index in [1.165, 1.54) is 0 Å². The molecule has 182 valence electrons. The number of nitrogens with zero attached hydrogens (tertiary/aromatic N) is 2. The van der Waals surface area contributed by atoms with Crippen LogP contribution in [0.15, 0.2) is 23.0 Å². The Kier molecular flexibility index (Phi) is 5.64. The highest BCUT2D eigenvalue weighted by atomic mass is 35.5. The molecule has 1 atom stereocenters. The number of rotatable bonds is 2. The lowest BCUT2D eigenvalue weighted by Gasteiger charge is -2.31. The number of aromatic nitrogens is 2. The Morgan fingerprint density at radius 2 is 1.97 bits per heavy atom. The molecule has 35 heavy (non-hydrogen) atoms. The van der Waals surface area contributed by atoms with E-state index in [0.717, 1.165) is 22.1 Å². The van der Waals surface area contributed by atoms with Crippen LogP contribution in [0, 0.1) is 0 Å². The molecule has 3 aliphatic rings. The van der Waals surface area contributed by atoms with Crippen molar-refractivity contribution in [3.8, 4) is 11.4 Å². The summed E-state index contributed by atoms with van der Waals surface area (Å²) in [6.45, 7) is 2.52. The van der Waals surface area contributed by atoms with Crippen molar-refractivity contribution >= 4 is 34.4 Å². The first kappa shape index (κ1) is 23.4. The normalized spacial score (nSPS) is 19.3. The summed E-state index contributed by atoms with van der Waals surface area (Å²) in [5.74, 6) is -1.70. The SMILES string of the molecule is CC[C@@]1(O)C(=O)OCc2c1cc1n(c2=O)Cc2c-1nc1c(Cl)ccc3c1c2COC3.NCC(=O)O. The second-order valence-corrected chi connectivity index (χ2v) is 8.95. The van der Waals surface area contributed by atoms with Crippen LogP contribution in [0.5, 0.6) is 0 Å². The Morgan fingerprint density at radius 3 is 2.66 bits per heavy atom. The van der Waals surface area contributed by atoms with Crippen LogP contribution in [0.4, 0.5) is 0 Å². The molecule has 3 aromatic rings. The molecule has 1 aromatic carbocycles. The van der Waals surface area contributed by atoms with Crippen LogP contribution in [0.25, 0.3) is 22.3 Å². The van der Waals surface area contributed by atoms with Gasteiger partial charge in [-0.05, 0) is 29.7 Å². The third-order valence-corrected chi connectivity index (χ3v) is 6.98. The fraction of sp³-hybridized carbons (Fsp3) is 0.333. The van der Waals surface area contributed by atoms with Crippen LogP contribution in [0.2, 0.25) is 5.02 Å². The van der Waals surface area contributed by atoms with Gasteiger partial charge in [-0.3, -0.25) is 9.59 Å². The Morgan fingerprint density at radius 1 is 1.23 bits per heavy atom. The van der Waals surface area contributed by atoms with E-state index < -0.39 is 17.5 Å². The standard InChI is InChI=1S/C22H17ClN2O5.C2H5NO2/c1-2-22(28)14-5-16-18-11(6-25(16)20(26)13(14)9-30-21(22)27)12-8-29-7-10-3-4-15(23)19(24-18)17(10)12;3-1-2(4)5/h3-5,28H,2,6-9H2,1H3;1,3H2,(H,4,5)/t22-;/m0./s1. The number of carboxylic acid groups (broad SMARTS) is 1. The van der Waals surface area contributed by atoms with Gasteiger partial charge in [0, 0.05) is 16.5 Å². The molecular formula is C24H22ClN3O7. The molecule has 11 heteroatoms. The molecule has 0 amide bonds. The molecule has 3 aliphatic heterocycles. The predicted octanol–water partition coefficient (Wildman–Crippen LogP) is 1.79. The van der Waals surface area contributed by atoms with E-state index in [2.05, 4.69) is 5.73 Å². The van der Waals surface area contributed by atoms with Crippen LogP contribution in [-0.2, 0) is 51.0 Å². The maximum absolute atomic E-state index is 13.3. The largest absolute Gasteiger partial charge is 0.480 e. The number of nitrogens with two attached hydrogens (primary N) is 1. The van der Waals surface area contributed by atoms with Gasteiger partial charge in [-0.15, -0.1) is 0 Å². The topological polar surface area (TPSA) is 154 Å². The summed E-state index contributed by atoms with van der Waals surface area (Å²) in [5.41, 5.74) is 7.87. The highest BCUT2D eigenvalue weighted by Crippen LogP contribution is 2.43. The first-order chi connectivity index (χ1) is 16.7. The molecule has 0 saturated heterocycles. The number of esters is 1. The zero-order chi connectivity index (χ0) is 25.1. The zero-order valence-electron chi connectivity index (χ0n) is 18.8. The molecule has 0 unspecified atom stereocenters. The van der Waals surface area contributed by atoms with Crippen molar-refractivity contribution < 1.29 is 29.3 Å². The van der Waals surface area contributed by atoms with E-state index in [1.54, 1.807) is 23.6 Å². The summed E-state index contributed by atoms with van der Waals surface area (Å²) in [6, 6.07) is 5.45. The van der Waals surface area contributed by atoms with Gasteiger partial charge >= 0.3 is 11.9 Å². The van der Waals surface area contributed by atoms with Crippen molar-refractivity contribution in [2.75, 3.05) is 6.54 Å². The second-order valence-electron chi connectivity index (χ2n) is 8.54. The Hall–Kier alpha value is -3.31. The van der Waals surface area contributed by atoms with Crippen molar-refractivity contribution in [3.63, 3.8) is 0 Å². The second kappa shape index (κ2) is 8.42. The highest BCUT2D eigenvalue weighted by Gasteiger charge is 2.45. The molecule has 2 aromatic heterocycles. The first-order valence-corrected chi connectivity index (χ1v) is 11.4. The minimum atomic E-state index is -1.84. The number of benzene rings is 1. The van der Waals surface area contributed by atoms with Crippen LogP contribution in [0.3, 0.4) is 0 Å². The Bertz CT molecular complexity index is 1480. The molecule has 0 radical (unpaired) electrons. The molecule has 0 spiro atoms. The number of cyclic esters (lactones) is 1. The van der Waals surface area contributed by atoms with Crippen LogP contribution >= 0.6 is 11.6 Å². The van der Waals surface area contributed by atoms with Crippen molar-refractivity contribution in [3.05, 3.63) is 61.4 Å². The molecular weight excluding hydrogens is 478 g/mol. The average molecular weight is 500 g/mol. The van der Waals surface area contributed by atoms with Crippen molar-refractivity contribution in [1.29, 1.82) is 0 Å². The number of hydrogen-bond acceptors (Lipinski definition) is 8. The van der Waals surface area contributed by atoms with E-state index in [9.17, 15) is 19.5 Å². The molecule has 6 rings (SSSR count). The number of fused-ring (bicyclic) bond motifs is 5. The van der Waals surface area contributed by atoms with Gasteiger partial charge in [0.25, 0.3) is 5.56 Å². The van der Waals surface area contributed by atoms with E-state index >= 15 is 0 Å². The number of aliphatic carboxylic acids is 1. The van der Waals surface area contributed by atoms with E-state index in [0.29, 0.717) is 52.8 Å². The number of pyridine rings is 2. The van der Waals surface area contributed by atoms with Gasteiger partial charge in [0.15, 0.2) is 5.60 Å². The van der Waals surface area contributed by atoms with Gasteiger partial charge in [0.05, 0.1) is 53.8 Å². The van der Waals surface area contributed by atoms with E-state index in [1.807, 2.05) is 6.07 Å². The van der Waals surface area contributed by atoms with Gasteiger partial charge < -0.3 is 30.0 Å².